The topological polar surface area (TPSA) is 44.1 Å². The van der Waals surface area contributed by atoms with Gasteiger partial charge in [0.2, 0.25) is 0 Å². The Balaban J connectivity index is 2.22. The zero-order valence-electron chi connectivity index (χ0n) is 8.36. The minimum atomic E-state index is -0.0843. The van der Waals surface area contributed by atoms with E-state index in [0.29, 0.717) is 10.3 Å². The highest BCUT2D eigenvalue weighted by atomic mass is 79.9. The Morgan fingerprint density at radius 1 is 1.53 bits per heavy atom. The van der Waals surface area contributed by atoms with Gasteiger partial charge in [-0.15, -0.1) is 0 Å². The van der Waals surface area contributed by atoms with Crippen LogP contribution in [0.4, 0.5) is 0 Å². The molecule has 2 rings (SSSR count). The van der Waals surface area contributed by atoms with Crippen LogP contribution < -0.4 is 0 Å². The van der Waals surface area contributed by atoms with Gasteiger partial charge in [-0.2, -0.15) is 5.10 Å². The third-order valence-corrected chi connectivity index (χ3v) is 2.92. The molecule has 1 saturated heterocycles. The second kappa shape index (κ2) is 4.90. The largest absolute Gasteiger partial charge is 0.356 e. The third-order valence-electron chi connectivity index (χ3n) is 2.53. The first-order valence-electron chi connectivity index (χ1n) is 5.13. The lowest BCUT2D eigenvalue weighted by Gasteiger charge is -2.16. The predicted molar refractivity (Wildman–Crippen MR) is 58.8 cm³/mol. The summed E-state index contributed by atoms with van der Waals surface area (Å²) in [6, 6.07) is 1.71. The fourth-order valence-corrected chi connectivity index (χ4v) is 2.20. The van der Waals surface area contributed by atoms with E-state index < -0.39 is 0 Å². The van der Waals surface area contributed by atoms with Crippen LogP contribution in [0, 0.1) is 0 Å². The van der Waals surface area contributed by atoms with Gasteiger partial charge in [-0.1, -0.05) is 6.42 Å². The Hall–Kier alpha value is -0.680. The minimum Gasteiger partial charge on any atom is -0.356 e. The molecule has 0 amide bonds. The monoisotopic (exact) mass is 272 g/mol. The van der Waals surface area contributed by atoms with E-state index in [1.54, 1.807) is 10.7 Å². The maximum Gasteiger partial charge on any atom is 0.168 e. The Labute approximate surface area is 96.7 Å². The van der Waals surface area contributed by atoms with Crippen LogP contribution >= 0.6 is 15.9 Å². The van der Waals surface area contributed by atoms with Crippen LogP contribution in [0.2, 0.25) is 0 Å². The van der Waals surface area contributed by atoms with Gasteiger partial charge in [0.15, 0.2) is 12.5 Å². The summed E-state index contributed by atoms with van der Waals surface area (Å²) in [5.74, 6) is 0. The third kappa shape index (κ3) is 2.46. The molecule has 1 aliphatic rings. The Kier molecular flexibility index (Phi) is 3.53. The first-order valence-corrected chi connectivity index (χ1v) is 5.92. The lowest BCUT2D eigenvalue weighted by Crippen LogP contribution is -2.15. The molecule has 2 heterocycles. The average Bonchev–Trinajstić information content (AvgIpc) is 2.47. The van der Waals surface area contributed by atoms with Crippen molar-refractivity contribution in [2.45, 2.75) is 31.9 Å². The van der Waals surface area contributed by atoms with Gasteiger partial charge in [-0.05, 0) is 35.2 Å². The van der Waals surface area contributed by atoms with E-state index in [-0.39, 0.29) is 6.23 Å². The number of carbonyl (C=O) groups excluding carboxylic acids is 1. The van der Waals surface area contributed by atoms with Crippen LogP contribution in [0.1, 0.15) is 42.4 Å². The standard InChI is InChI=1S/C10H13BrN2O2/c11-9-6-8(7-14)13(12-9)10-4-2-1-3-5-15-10/h6-7,10H,1-5H2. The minimum absolute atomic E-state index is 0.0843. The van der Waals surface area contributed by atoms with Gasteiger partial charge in [0.25, 0.3) is 0 Å². The SMILES string of the molecule is O=Cc1cc(Br)nn1C1CCCCCO1. The van der Waals surface area contributed by atoms with Gasteiger partial charge >= 0.3 is 0 Å². The zero-order chi connectivity index (χ0) is 10.7. The fourth-order valence-electron chi connectivity index (χ4n) is 1.79. The van der Waals surface area contributed by atoms with Crippen LogP contribution in [0.5, 0.6) is 0 Å². The van der Waals surface area contributed by atoms with Gasteiger partial charge in [0, 0.05) is 12.7 Å². The number of ether oxygens (including phenoxy) is 1. The zero-order valence-corrected chi connectivity index (χ0v) is 9.94. The first kappa shape index (κ1) is 10.8. The molecule has 1 atom stereocenters. The number of aldehydes is 1. The highest BCUT2D eigenvalue weighted by Gasteiger charge is 2.18. The van der Waals surface area contributed by atoms with Crippen molar-refractivity contribution in [2.24, 2.45) is 0 Å². The maximum absolute atomic E-state index is 10.8. The molecule has 82 valence electrons. The van der Waals surface area contributed by atoms with E-state index in [2.05, 4.69) is 21.0 Å². The molecule has 15 heavy (non-hydrogen) atoms. The van der Waals surface area contributed by atoms with Crippen molar-refractivity contribution in [3.63, 3.8) is 0 Å². The smallest absolute Gasteiger partial charge is 0.168 e. The van der Waals surface area contributed by atoms with Gasteiger partial charge in [-0.3, -0.25) is 4.79 Å². The van der Waals surface area contributed by atoms with E-state index in [1.165, 1.54) is 6.42 Å². The van der Waals surface area contributed by atoms with Crippen LogP contribution in [-0.2, 0) is 4.74 Å². The molecular formula is C10H13BrN2O2. The van der Waals surface area contributed by atoms with Gasteiger partial charge in [0.1, 0.15) is 10.3 Å². The molecule has 4 nitrogen and oxygen atoms in total. The molecule has 1 fully saturated rings. The van der Waals surface area contributed by atoms with Crippen molar-refractivity contribution in [3.8, 4) is 0 Å². The highest BCUT2D eigenvalue weighted by Crippen LogP contribution is 2.24. The first-order chi connectivity index (χ1) is 7.31. The van der Waals surface area contributed by atoms with Crippen molar-refractivity contribution in [3.05, 3.63) is 16.4 Å². The van der Waals surface area contributed by atoms with Gasteiger partial charge in [-0.25, -0.2) is 4.68 Å². The second-order valence-corrected chi connectivity index (χ2v) is 4.44. The summed E-state index contributed by atoms with van der Waals surface area (Å²) in [6.45, 7) is 0.750. The van der Waals surface area contributed by atoms with Crippen molar-refractivity contribution in [1.29, 1.82) is 0 Å². The molecule has 1 aliphatic heterocycles. The number of carbonyl (C=O) groups is 1. The summed E-state index contributed by atoms with van der Waals surface area (Å²) in [6.07, 6.45) is 5.06. The molecule has 1 aromatic rings. The summed E-state index contributed by atoms with van der Waals surface area (Å²) in [4.78, 5) is 10.8. The molecule has 0 spiro atoms. The molecule has 0 radical (unpaired) electrons. The molecular weight excluding hydrogens is 260 g/mol. The van der Waals surface area contributed by atoms with Crippen molar-refractivity contribution >= 4 is 22.2 Å². The van der Waals surface area contributed by atoms with E-state index >= 15 is 0 Å². The van der Waals surface area contributed by atoms with E-state index in [1.807, 2.05) is 0 Å². The number of aromatic nitrogens is 2. The van der Waals surface area contributed by atoms with Gasteiger partial charge in [0.05, 0.1) is 0 Å². The average molecular weight is 273 g/mol. The van der Waals surface area contributed by atoms with E-state index in [4.69, 9.17) is 4.74 Å². The summed E-state index contributed by atoms with van der Waals surface area (Å²) in [5, 5.41) is 4.22. The normalized spacial score (nSPS) is 22.3. The molecule has 0 saturated carbocycles. The lowest BCUT2D eigenvalue weighted by molar-refractivity contribution is -0.00301. The van der Waals surface area contributed by atoms with Crippen molar-refractivity contribution in [1.82, 2.24) is 9.78 Å². The van der Waals surface area contributed by atoms with Crippen LogP contribution in [0.3, 0.4) is 0 Å². The van der Waals surface area contributed by atoms with E-state index in [0.717, 1.165) is 32.2 Å². The van der Waals surface area contributed by atoms with E-state index in [9.17, 15) is 4.79 Å². The highest BCUT2D eigenvalue weighted by molar-refractivity contribution is 9.10. The number of hydrogen-bond donors (Lipinski definition) is 0. The maximum atomic E-state index is 10.8. The summed E-state index contributed by atoms with van der Waals surface area (Å²) in [5.41, 5.74) is 0.564. The molecule has 0 aromatic carbocycles. The molecule has 1 aromatic heterocycles. The molecule has 0 bridgehead atoms. The quantitative estimate of drug-likeness (QED) is 0.778. The predicted octanol–water partition coefficient (Wildman–Crippen LogP) is 2.55. The Bertz CT molecular complexity index is 343. The molecule has 0 N–H and O–H groups in total. The summed E-state index contributed by atoms with van der Waals surface area (Å²) < 4.78 is 8.01. The van der Waals surface area contributed by atoms with Crippen molar-refractivity contribution < 1.29 is 9.53 Å². The van der Waals surface area contributed by atoms with Crippen molar-refractivity contribution in [2.75, 3.05) is 6.61 Å². The van der Waals surface area contributed by atoms with Gasteiger partial charge < -0.3 is 4.74 Å². The Morgan fingerprint density at radius 3 is 3.20 bits per heavy atom. The summed E-state index contributed by atoms with van der Waals surface area (Å²) >= 11 is 3.26. The van der Waals surface area contributed by atoms with Crippen LogP contribution in [-0.4, -0.2) is 22.7 Å². The van der Waals surface area contributed by atoms with Crippen LogP contribution in [0.25, 0.3) is 0 Å². The fraction of sp³-hybridized carbons (Fsp3) is 0.600. The molecule has 0 aliphatic carbocycles. The number of rotatable bonds is 2. The molecule has 1 unspecified atom stereocenters. The lowest BCUT2D eigenvalue weighted by atomic mass is 10.2. The second-order valence-electron chi connectivity index (χ2n) is 3.63. The number of hydrogen-bond acceptors (Lipinski definition) is 3. The Morgan fingerprint density at radius 2 is 2.40 bits per heavy atom. The summed E-state index contributed by atoms with van der Waals surface area (Å²) in [7, 11) is 0. The number of halogens is 1. The molecule has 5 heteroatoms. The van der Waals surface area contributed by atoms with Crippen LogP contribution in [0.15, 0.2) is 10.7 Å². The number of nitrogens with zero attached hydrogens (tertiary/aromatic N) is 2.